The number of allylic oxidation sites excluding steroid dienone is 2. The quantitative estimate of drug-likeness (QED) is 0.207. The molecule has 0 fully saturated rings. The summed E-state index contributed by atoms with van der Waals surface area (Å²) in [5.41, 5.74) is -0.447. The lowest BCUT2D eigenvalue weighted by Gasteiger charge is -2.07. The summed E-state index contributed by atoms with van der Waals surface area (Å²) >= 11 is 0. The highest BCUT2D eigenvalue weighted by molar-refractivity contribution is 5.84. The van der Waals surface area contributed by atoms with E-state index in [0.29, 0.717) is 0 Å². The van der Waals surface area contributed by atoms with Crippen molar-refractivity contribution in [2.75, 3.05) is 0 Å². The molecule has 2 aliphatic rings. The Morgan fingerprint density at radius 3 is 2.20 bits per heavy atom. The Hall–Kier alpha value is -8.82. The highest BCUT2D eigenvalue weighted by Crippen LogP contribution is 2.31. The van der Waals surface area contributed by atoms with Crippen molar-refractivity contribution in [2.24, 2.45) is 20.0 Å². The molecule has 0 amide bonds. The number of nitriles is 4. The van der Waals surface area contributed by atoms with Crippen LogP contribution in [0.4, 0.5) is 15.8 Å². The molecule has 0 bridgehead atoms. The van der Waals surface area contributed by atoms with E-state index >= 15 is 0 Å². The average molecular weight is 648 g/mol. The fraction of sp³-hybridized carbons (Fsp3) is 0. The van der Waals surface area contributed by atoms with Crippen LogP contribution < -0.4 is 21.4 Å². The van der Waals surface area contributed by atoms with Crippen LogP contribution in [0.15, 0.2) is 78.1 Å². The lowest BCUT2D eigenvalue weighted by molar-refractivity contribution is 0.612. The van der Waals surface area contributed by atoms with Gasteiger partial charge in [0.25, 0.3) is 5.89 Å². The molecule has 0 N–H and O–H groups in total. The highest BCUT2D eigenvalue weighted by Gasteiger charge is 2.24. The van der Waals surface area contributed by atoms with Gasteiger partial charge in [-0.15, -0.1) is 0 Å². The second kappa shape index (κ2) is 11.5. The minimum atomic E-state index is -0.732. The molecule has 16 nitrogen and oxygen atoms in total. The third-order valence-corrected chi connectivity index (χ3v) is 7.11. The van der Waals surface area contributed by atoms with Gasteiger partial charge in [0.2, 0.25) is 17.2 Å². The first-order valence-corrected chi connectivity index (χ1v) is 13.6. The molecule has 0 radical (unpaired) electrons. The summed E-state index contributed by atoms with van der Waals surface area (Å²) in [7, 11) is 0. The van der Waals surface area contributed by atoms with E-state index in [0.717, 1.165) is 12.1 Å². The van der Waals surface area contributed by atoms with Crippen LogP contribution in [-0.4, -0.2) is 19.9 Å². The lowest BCUT2D eigenvalue weighted by atomic mass is 10.1. The molecular formula is C33H6FN15O. The summed E-state index contributed by atoms with van der Waals surface area (Å²) in [5, 5.41) is 39.6. The van der Waals surface area contributed by atoms with E-state index in [-0.39, 0.29) is 107 Å². The summed E-state index contributed by atoms with van der Waals surface area (Å²) in [6, 6.07) is 15.2. The molecule has 2 aliphatic heterocycles. The van der Waals surface area contributed by atoms with Crippen LogP contribution in [0.3, 0.4) is 0 Å². The van der Waals surface area contributed by atoms with Gasteiger partial charge >= 0.3 is 5.70 Å². The van der Waals surface area contributed by atoms with Crippen LogP contribution in [0.1, 0.15) is 17.0 Å². The summed E-state index contributed by atoms with van der Waals surface area (Å²) in [4.78, 5) is 44.4. The Labute approximate surface area is 277 Å². The van der Waals surface area contributed by atoms with Gasteiger partial charge in [-0.3, -0.25) is 0 Å². The Morgan fingerprint density at radius 1 is 0.740 bits per heavy atom. The van der Waals surface area contributed by atoms with E-state index in [1.54, 1.807) is 6.07 Å². The summed E-state index contributed by atoms with van der Waals surface area (Å²) in [6.07, 6.45) is 0. The maximum absolute atomic E-state index is 14.2. The van der Waals surface area contributed by atoms with Crippen LogP contribution in [0.5, 0.6) is 0 Å². The summed E-state index contributed by atoms with van der Waals surface area (Å²) in [5.74, 6) is -2.10. The van der Waals surface area contributed by atoms with Gasteiger partial charge < -0.3 is 4.42 Å². The van der Waals surface area contributed by atoms with E-state index in [1.165, 1.54) is 24.3 Å². The summed E-state index contributed by atoms with van der Waals surface area (Å²) < 4.78 is 20.1. The molecule has 17 heteroatoms. The number of halogens is 1. The molecule has 226 valence electrons. The zero-order valence-corrected chi connectivity index (χ0v) is 24.5. The van der Waals surface area contributed by atoms with Crippen molar-refractivity contribution in [3.8, 4) is 47.4 Å². The molecule has 0 saturated heterocycles. The second-order valence-electron chi connectivity index (χ2n) is 9.91. The van der Waals surface area contributed by atoms with Crippen LogP contribution in [-0.2, 0) is 0 Å². The Kier molecular flexibility index (Phi) is 6.88. The number of rotatable bonds is 3. The Morgan fingerprint density at radius 2 is 1.50 bits per heavy atom. The fourth-order valence-corrected chi connectivity index (χ4v) is 4.92. The lowest BCUT2D eigenvalue weighted by Crippen LogP contribution is -2.25. The van der Waals surface area contributed by atoms with Gasteiger partial charge in [0.15, 0.2) is 28.9 Å². The van der Waals surface area contributed by atoms with Crippen LogP contribution in [0, 0.1) is 70.9 Å². The van der Waals surface area contributed by atoms with Crippen molar-refractivity contribution >= 4 is 28.0 Å². The molecule has 0 saturated carbocycles. The zero-order chi connectivity index (χ0) is 35.1. The molecule has 0 aliphatic carbocycles. The van der Waals surface area contributed by atoms with Gasteiger partial charge in [-0.25, -0.2) is 64.1 Å². The number of hydrogen-bond donors (Lipinski definition) is 0. The zero-order valence-electron chi connectivity index (χ0n) is 24.5. The van der Waals surface area contributed by atoms with Crippen molar-refractivity contribution in [3.63, 3.8) is 0 Å². The third kappa shape index (κ3) is 4.70. The minimum Gasteiger partial charge on any atom is -0.434 e. The fourth-order valence-electron chi connectivity index (χ4n) is 4.92. The number of hydrogen-bond acceptors (Lipinski definition) is 13. The van der Waals surface area contributed by atoms with E-state index in [4.69, 9.17) is 24.1 Å². The van der Waals surface area contributed by atoms with Gasteiger partial charge in [-0.2, -0.15) is 15.8 Å². The molecule has 0 unspecified atom stereocenters. The van der Waals surface area contributed by atoms with E-state index in [1.807, 2.05) is 18.2 Å². The predicted molar refractivity (Wildman–Crippen MR) is 163 cm³/mol. The van der Waals surface area contributed by atoms with Gasteiger partial charge in [-0.1, -0.05) is 0 Å². The van der Waals surface area contributed by atoms with Crippen molar-refractivity contribution in [3.05, 3.63) is 132 Å². The molecule has 3 aromatic carbocycles. The maximum Gasteiger partial charge on any atom is 0.305 e. The molecule has 0 atom stereocenters. The normalized spacial score (nSPS) is 13.9. The van der Waals surface area contributed by atoms with Crippen molar-refractivity contribution < 1.29 is 8.81 Å². The first kappa shape index (κ1) is 29.9. The van der Waals surface area contributed by atoms with Gasteiger partial charge in [0.1, 0.15) is 28.9 Å². The van der Waals surface area contributed by atoms with E-state index in [9.17, 15) is 25.4 Å². The third-order valence-electron chi connectivity index (χ3n) is 7.11. The molecule has 4 heterocycles. The minimum absolute atomic E-state index is 0.00637. The number of fused-ring (bicyclic) bond motifs is 3. The number of benzene rings is 3. The second-order valence-corrected chi connectivity index (χ2v) is 9.91. The first-order valence-electron chi connectivity index (χ1n) is 13.6. The molecule has 50 heavy (non-hydrogen) atoms. The Balaban J connectivity index is 1.52. The first-order chi connectivity index (χ1) is 24.3. The largest absolute Gasteiger partial charge is 0.434 e. The SMILES string of the molecule is [C-]#[N+]/C(C#N)=C1\N=c2ccc(-c3nc(/C(C#N)=C4/N=c5cc(F)cc([N+]#[C-])c5=N4)nc(-c4nc5cc([N+]#[C-])c(C#N)cc5o4)n3)c(C#N)c2=N1. The molecule has 5 aromatic rings. The summed E-state index contributed by atoms with van der Waals surface area (Å²) in [6.45, 7) is 22.0. The Bertz CT molecular complexity index is 3020. The molecule has 2 aromatic heterocycles. The van der Waals surface area contributed by atoms with E-state index < -0.39 is 5.82 Å². The molecule has 0 spiro atoms. The number of aromatic nitrogens is 4. The topological polar surface area (TPSA) is 222 Å². The van der Waals surface area contributed by atoms with Gasteiger partial charge in [0, 0.05) is 5.56 Å². The number of nitrogens with zero attached hydrogens (tertiary/aromatic N) is 15. The van der Waals surface area contributed by atoms with Crippen LogP contribution in [0.25, 0.3) is 54.3 Å². The maximum atomic E-state index is 14.2. The smallest absolute Gasteiger partial charge is 0.305 e. The van der Waals surface area contributed by atoms with E-state index in [2.05, 4.69) is 54.4 Å². The number of oxazole rings is 1. The molecule has 7 rings (SSSR count). The predicted octanol–water partition coefficient (Wildman–Crippen LogP) is 3.34. The monoisotopic (exact) mass is 647 g/mol. The average Bonchev–Trinajstić information content (AvgIpc) is 3.87. The highest BCUT2D eigenvalue weighted by atomic mass is 19.1. The van der Waals surface area contributed by atoms with Gasteiger partial charge in [0.05, 0.1) is 64.6 Å². The van der Waals surface area contributed by atoms with Crippen molar-refractivity contribution in [1.82, 2.24) is 19.9 Å². The van der Waals surface area contributed by atoms with Gasteiger partial charge in [-0.05, 0) is 36.4 Å². The van der Waals surface area contributed by atoms with Crippen LogP contribution >= 0.6 is 0 Å². The van der Waals surface area contributed by atoms with Crippen molar-refractivity contribution in [2.45, 2.75) is 0 Å². The standard InChI is InChI=1S/C33H6FN15O/c1-39-20-9-21-25(6-14(20)10-35)50-33(44-21)32-48-28(16-4-5-19-26(17(16)11-36)45-31(42-19)24(13-38)41-3)47-30(49-32)18(12-37)29-43-23-8-15(34)7-22(40-2)27(23)46-29/h4-9H/b29-18-,31-24+. The van der Waals surface area contributed by atoms with Crippen molar-refractivity contribution in [1.29, 1.82) is 21.0 Å². The van der Waals surface area contributed by atoms with Crippen LogP contribution in [0.2, 0.25) is 0 Å². The molecular weight excluding hydrogens is 641 g/mol.